The summed E-state index contributed by atoms with van der Waals surface area (Å²) in [5.41, 5.74) is 2.33. The molecule has 2 fully saturated rings. The Balaban J connectivity index is 1.45. The van der Waals surface area contributed by atoms with Crippen molar-refractivity contribution in [1.82, 2.24) is 9.80 Å². The molecule has 0 radical (unpaired) electrons. The van der Waals surface area contributed by atoms with E-state index in [9.17, 15) is 14.7 Å². The first-order chi connectivity index (χ1) is 18.7. The molecule has 7 heteroatoms. The van der Waals surface area contributed by atoms with Gasteiger partial charge in [-0.05, 0) is 63.2 Å². The van der Waals surface area contributed by atoms with E-state index < -0.39 is 5.97 Å². The van der Waals surface area contributed by atoms with Gasteiger partial charge >= 0.3 is 5.97 Å². The summed E-state index contributed by atoms with van der Waals surface area (Å²) in [7, 11) is 2.17. The van der Waals surface area contributed by atoms with Crippen molar-refractivity contribution in [3.05, 3.63) is 53.1 Å². The molecule has 6 rings (SSSR count). The number of likely N-dealkylation sites (N-methyl/N-ethyl adjacent to an activating group) is 1. The molecule has 1 spiro atoms. The number of piperidine rings is 1. The van der Waals surface area contributed by atoms with Crippen LogP contribution in [0, 0.1) is 23.7 Å². The Morgan fingerprint density at radius 1 is 1.26 bits per heavy atom. The minimum Gasteiger partial charge on any atom is -0.508 e. The van der Waals surface area contributed by atoms with Gasteiger partial charge in [-0.2, -0.15) is 0 Å². The van der Waals surface area contributed by atoms with Crippen molar-refractivity contribution in [3.8, 4) is 29.1 Å². The van der Waals surface area contributed by atoms with Gasteiger partial charge in [0, 0.05) is 53.6 Å². The molecule has 204 valence electrons. The number of rotatable bonds is 4. The number of likely N-dealkylation sites (tertiary alicyclic amines) is 1. The van der Waals surface area contributed by atoms with Crippen LogP contribution in [0.25, 0.3) is 0 Å². The van der Waals surface area contributed by atoms with Crippen molar-refractivity contribution >= 4 is 11.9 Å². The maximum atomic E-state index is 13.7. The summed E-state index contributed by atoms with van der Waals surface area (Å²) in [4.78, 5) is 30.1. The van der Waals surface area contributed by atoms with E-state index in [-0.39, 0.29) is 46.9 Å². The third-order valence-corrected chi connectivity index (χ3v) is 9.22. The van der Waals surface area contributed by atoms with Gasteiger partial charge in [0.1, 0.15) is 11.9 Å². The molecule has 4 aliphatic rings. The molecule has 0 unspecified atom stereocenters. The van der Waals surface area contributed by atoms with Crippen LogP contribution in [0.1, 0.15) is 56.7 Å². The lowest BCUT2D eigenvalue weighted by molar-refractivity contribution is -0.137. The number of hydrogen-bond acceptors (Lipinski definition) is 6. The van der Waals surface area contributed by atoms with Crippen LogP contribution in [0.5, 0.6) is 17.2 Å². The van der Waals surface area contributed by atoms with Crippen LogP contribution in [0.15, 0.2) is 36.4 Å². The van der Waals surface area contributed by atoms with Crippen molar-refractivity contribution in [2.24, 2.45) is 11.8 Å². The van der Waals surface area contributed by atoms with Gasteiger partial charge in [-0.3, -0.25) is 9.59 Å². The molecule has 1 saturated carbocycles. The van der Waals surface area contributed by atoms with E-state index in [1.165, 1.54) is 13.0 Å². The van der Waals surface area contributed by atoms with E-state index in [1.807, 2.05) is 35.2 Å². The van der Waals surface area contributed by atoms with Crippen LogP contribution in [-0.2, 0) is 21.4 Å². The van der Waals surface area contributed by atoms with Crippen molar-refractivity contribution in [2.75, 3.05) is 20.1 Å². The number of phenolic OH excluding ortho intramolecular Hbond substituents is 1. The van der Waals surface area contributed by atoms with Crippen LogP contribution in [0.2, 0.25) is 0 Å². The minimum atomic E-state index is -0.459. The zero-order valence-electron chi connectivity index (χ0n) is 23.1. The fourth-order valence-corrected chi connectivity index (χ4v) is 7.79. The molecule has 2 bridgehead atoms. The number of carbonyl (C=O) groups excluding carboxylic acids is 2. The van der Waals surface area contributed by atoms with E-state index in [4.69, 9.17) is 9.47 Å². The van der Waals surface area contributed by atoms with Crippen molar-refractivity contribution in [1.29, 1.82) is 0 Å². The highest BCUT2D eigenvalue weighted by atomic mass is 16.6. The SMILES string of the molecule is CC(=O)Oc1cc(O)c2c3c1O[C@H]1[C@H](N(CC(C)C)C(=O)C#Cc4ccccc4)CC[C@H]4[C@@H](C2)N(C)CC[C@@]341. The highest BCUT2D eigenvalue weighted by Crippen LogP contribution is 2.65. The Hall–Kier alpha value is -3.50. The molecule has 5 atom stereocenters. The van der Waals surface area contributed by atoms with Gasteiger partial charge in [0.05, 0.1) is 6.04 Å². The lowest BCUT2D eigenvalue weighted by atomic mass is 9.51. The number of amides is 1. The molecule has 2 aromatic carbocycles. The smallest absolute Gasteiger partial charge is 0.308 e. The van der Waals surface area contributed by atoms with Gasteiger partial charge < -0.3 is 24.4 Å². The monoisotopic (exact) mass is 528 g/mol. The van der Waals surface area contributed by atoms with E-state index in [1.54, 1.807) is 0 Å². The second-order valence-electron chi connectivity index (χ2n) is 12.0. The second kappa shape index (κ2) is 9.60. The summed E-state index contributed by atoms with van der Waals surface area (Å²) < 4.78 is 12.4. The molecule has 2 heterocycles. The molecule has 2 aromatic rings. The molecule has 1 N–H and O–H groups in total. The zero-order chi connectivity index (χ0) is 27.5. The number of hydrogen-bond donors (Lipinski definition) is 1. The molecule has 39 heavy (non-hydrogen) atoms. The molecule has 1 saturated heterocycles. The Morgan fingerprint density at radius 3 is 2.74 bits per heavy atom. The van der Waals surface area contributed by atoms with Gasteiger partial charge in [-0.25, -0.2) is 0 Å². The quantitative estimate of drug-likeness (QED) is 0.369. The molecule has 1 amide bonds. The fraction of sp³-hybridized carbons (Fsp3) is 0.500. The first kappa shape index (κ1) is 25.8. The van der Waals surface area contributed by atoms with Crippen molar-refractivity contribution in [3.63, 3.8) is 0 Å². The number of benzene rings is 2. The lowest BCUT2D eigenvalue weighted by Gasteiger charge is -2.60. The van der Waals surface area contributed by atoms with E-state index in [0.29, 0.717) is 18.2 Å². The summed E-state index contributed by atoms with van der Waals surface area (Å²) in [6.07, 6.45) is 3.04. The van der Waals surface area contributed by atoms with Crippen LogP contribution in [0.4, 0.5) is 0 Å². The summed E-state index contributed by atoms with van der Waals surface area (Å²) in [5, 5.41) is 11.1. The molecular formula is C32H36N2O5. The van der Waals surface area contributed by atoms with Crippen LogP contribution in [-0.4, -0.2) is 65.1 Å². The molecule has 0 aromatic heterocycles. The normalized spacial score (nSPS) is 28.1. The number of carbonyl (C=O) groups is 2. The maximum Gasteiger partial charge on any atom is 0.308 e. The lowest BCUT2D eigenvalue weighted by Crippen LogP contribution is -2.68. The van der Waals surface area contributed by atoms with Crippen LogP contribution in [0.3, 0.4) is 0 Å². The topological polar surface area (TPSA) is 79.3 Å². The van der Waals surface area contributed by atoms with Crippen LogP contribution >= 0.6 is 0 Å². The summed E-state index contributed by atoms with van der Waals surface area (Å²) >= 11 is 0. The highest BCUT2D eigenvalue weighted by molar-refractivity contribution is 5.94. The summed E-state index contributed by atoms with van der Waals surface area (Å²) in [5.74, 6) is 6.86. The second-order valence-corrected chi connectivity index (χ2v) is 12.0. The van der Waals surface area contributed by atoms with Gasteiger partial charge in [0.25, 0.3) is 5.91 Å². The van der Waals surface area contributed by atoms with E-state index in [2.05, 4.69) is 37.6 Å². The number of aromatic hydroxyl groups is 1. The zero-order valence-corrected chi connectivity index (χ0v) is 23.1. The molecule has 7 nitrogen and oxygen atoms in total. The average molecular weight is 529 g/mol. The van der Waals surface area contributed by atoms with Crippen molar-refractivity contribution < 1.29 is 24.2 Å². The Kier molecular flexibility index (Phi) is 6.34. The van der Waals surface area contributed by atoms with Crippen LogP contribution < -0.4 is 9.47 Å². The molecule has 2 aliphatic carbocycles. The van der Waals surface area contributed by atoms with E-state index in [0.717, 1.165) is 48.9 Å². The predicted molar refractivity (Wildman–Crippen MR) is 147 cm³/mol. The molecular weight excluding hydrogens is 492 g/mol. The first-order valence-electron chi connectivity index (χ1n) is 14.0. The molecule has 2 aliphatic heterocycles. The maximum absolute atomic E-state index is 13.7. The number of esters is 1. The summed E-state index contributed by atoms with van der Waals surface area (Å²) in [6, 6.07) is 11.2. The van der Waals surface area contributed by atoms with E-state index >= 15 is 0 Å². The summed E-state index contributed by atoms with van der Waals surface area (Å²) in [6.45, 7) is 7.05. The number of nitrogens with zero attached hydrogens (tertiary/aromatic N) is 2. The van der Waals surface area contributed by atoms with Gasteiger partial charge in [0.2, 0.25) is 0 Å². The standard InChI is InChI=1S/C32H36N2O5/c1-19(2)18-34(28(37)13-10-21-8-6-5-7-9-21)24-12-11-23-25-16-22-26(36)17-27(38-20(3)35)30-29(22)32(23,31(24)39-30)14-15-33(25)4/h5-9,17,19,23-25,31,36H,11-12,14-16,18H2,1-4H3/t23-,24+,25+,31-,32-/m0/s1. The van der Waals surface area contributed by atoms with Gasteiger partial charge in [-0.1, -0.05) is 38.0 Å². The number of phenols is 1. The third kappa shape index (κ3) is 4.08. The largest absolute Gasteiger partial charge is 0.508 e. The number of ether oxygens (including phenoxy) is 2. The Morgan fingerprint density at radius 2 is 2.03 bits per heavy atom. The average Bonchev–Trinajstić information content (AvgIpc) is 3.25. The predicted octanol–water partition coefficient (Wildman–Crippen LogP) is 3.89. The third-order valence-electron chi connectivity index (χ3n) is 9.22. The minimum absolute atomic E-state index is 0.151. The van der Waals surface area contributed by atoms with Crippen molar-refractivity contribution in [2.45, 2.75) is 70.1 Å². The highest BCUT2D eigenvalue weighted by Gasteiger charge is 2.67. The fourth-order valence-electron chi connectivity index (χ4n) is 7.79. The Labute approximate surface area is 230 Å². The first-order valence-corrected chi connectivity index (χ1v) is 14.0. The van der Waals surface area contributed by atoms with Gasteiger partial charge in [-0.15, -0.1) is 0 Å². The van der Waals surface area contributed by atoms with Gasteiger partial charge in [0.15, 0.2) is 11.5 Å². The Bertz CT molecular complexity index is 1380.